The Morgan fingerprint density at radius 1 is 1.00 bits per heavy atom. The number of ether oxygens (including phenoxy) is 2. The highest BCUT2D eigenvalue weighted by Gasteiger charge is 2.09. The predicted octanol–water partition coefficient (Wildman–Crippen LogP) is 2.26. The fourth-order valence-corrected chi connectivity index (χ4v) is 2.03. The van der Waals surface area contributed by atoms with Gasteiger partial charge in [0.05, 0.1) is 7.11 Å². The largest absolute Gasteiger partial charge is 0.484 e. The topological polar surface area (TPSA) is 93.7 Å². The second-order valence-corrected chi connectivity index (χ2v) is 5.56. The summed E-state index contributed by atoms with van der Waals surface area (Å²) in [7, 11) is 1.24. The van der Waals surface area contributed by atoms with Gasteiger partial charge in [0.25, 0.3) is 11.8 Å². The van der Waals surface area contributed by atoms with Crippen molar-refractivity contribution in [2.24, 2.45) is 0 Å². The molecule has 2 aromatic rings. The van der Waals surface area contributed by atoms with Gasteiger partial charge in [-0.15, -0.1) is 0 Å². The molecule has 2 rings (SSSR count). The number of esters is 1. The molecule has 0 aliphatic rings. The summed E-state index contributed by atoms with van der Waals surface area (Å²) in [6, 6.07) is 12.9. The van der Waals surface area contributed by atoms with Crippen LogP contribution in [0, 0.1) is 0 Å². The molecule has 8 heteroatoms. The van der Waals surface area contributed by atoms with Crippen molar-refractivity contribution in [2.75, 3.05) is 25.6 Å². The van der Waals surface area contributed by atoms with Crippen LogP contribution in [0.2, 0.25) is 5.02 Å². The lowest BCUT2D eigenvalue weighted by Gasteiger charge is -2.08. The molecule has 0 fully saturated rings. The second kappa shape index (κ2) is 9.43. The van der Waals surface area contributed by atoms with E-state index in [2.05, 4.69) is 15.4 Å². The van der Waals surface area contributed by atoms with Gasteiger partial charge in [-0.1, -0.05) is 11.6 Å². The van der Waals surface area contributed by atoms with Crippen LogP contribution in [-0.2, 0) is 14.3 Å². The summed E-state index contributed by atoms with van der Waals surface area (Å²) in [5, 5.41) is 5.66. The van der Waals surface area contributed by atoms with E-state index in [1.54, 1.807) is 36.4 Å². The van der Waals surface area contributed by atoms with Gasteiger partial charge in [-0.2, -0.15) is 0 Å². The van der Waals surface area contributed by atoms with E-state index < -0.39 is 11.9 Å². The molecule has 0 aromatic heterocycles. The van der Waals surface area contributed by atoms with Crippen molar-refractivity contribution in [1.82, 2.24) is 5.32 Å². The van der Waals surface area contributed by atoms with Crippen molar-refractivity contribution in [3.63, 3.8) is 0 Å². The Kier molecular flexibility index (Phi) is 6.99. The molecule has 0 saturated heterocycles. The molecule has 2 amide bonds. The van der Waals surface area contributed by atoms with Gasteiger partial charge in [0.2, 0.25) is 0 Å². The number of carbonyl (C=O) groups excluding carboxylic acids is 3. The molecule has 0 atom stereocenters. The number of benzene rings is 2. The van der Waals surface area contributed by atoms with Gasteiger partial charge >= 0.3 is 5.97 Å². The lowest BCUT2D eigenvalue weighted by molar-refractivity contribution is -0.139. The third kappa shape index (κ3) is 6.10. The number of hydrogen-bond acceptors (Lipinski definition) is 5. The molecule has 136 valence electrons. The van der Waals surface area contributed by atoms with Crippen molar-refractivity contribution in [1.29, 1.82) is 0 Å². The maximum absolute atomic E-state index is 11.9. The number of carbonyl (C=O) groups is 3. The Morgan fingerprint density at radius 2 is 1.65 bits per heavy atom. The van der Waals surface area contributed by atoms with E-state index in [-0.39, 0.29) is 19.1 Å². The quantitative estimate of drug-likeness (QED) is 0.723. The molecule has 7 nitrogen and oxygen atoms in total. The van der Waals surface area contributed by atoms with E-state index in [1.807, 2.05) is 0 Å². The molecule has 26 heavy (non-hydrogen) atoms. The van der Waals surface area contributed by atoms with E-state index in [0.29, 0.717) is 22.0 Å². The molecular weight excluding hydrogens is 360 g/mol. The zero-order valence-electron chi connectivity index (χ0n) is 14.0. The van der Waals surface area contributed by atoms with Gasteiger partial charge in [0, 0.05) is 16.3 Å². The second-order valence-electron chi connectivity index (χ2n) is 5.13. The zero-order chi connectivity index (χ0) is 18.9. The molecule has 0 aliphatic heterocycles. The molecule has 0 heterocycles. The zero-order valence-corrected chi connectivity index (χ0v) is 14.7. The first kappa shape index (κ1) is 19.3. The van der Waals surface area contributed by atoms with Gasteiger partial charge in [0.1, 0.15) is 12.3 Å². The maximum Gasteiger partial charge on any atom is 0.325 e. The van der Waals surface area contributed by atoms with Crippen molar-refractivity contribution >= 4 is 35.1 Å². The summed E-state index contributed by atoms with van der Waals surface area (Å²) in [5.41, 5.74) is 0.864. The Morgan fingerprint density at radius 3 is 2.27 bits per heavy atom. The predicted molar refractivity (Wildman–Crippen MR) is 96.4 cm³/mol. The number of amides is 2. The van der Waals surface area contributed by atoms with Crippen LogP contribution in [0.5, 0.6) is 5.75 Å². The fourth-order valence-electron chi connectivity index (χ4n) is 1.91. The van der Waals surface area contributed by atoms with E-state index in [1.165, 1.54) is 19.2 Å². The van der Waals surface area contributed by atoms with Crippen LogP contribution in [0.1, 0.15) is 10.4 Å². The molecule has 2 N–H and O–H groups in total. The lowest BCUT2D eigenvalue weighted by Crippen LogP contribution is -2.30. The van der Waals surface area contributed by atoms with Crippen LogP contribution >= 0.6 is 11.6 Å². The normalized spacial score (nSPS) is 9.92. The van der Waals surface area contributed by atoms with Gasteiger partial charge in [-0.25, -0.2) is 0 Å². The van der Waals surface area contributed by atoms with Crippen molar-refractivity contribution in [2.45, 2.75) is 0 Å². The van der Waals surface area contributed by atoms with Crippen LogP contribution in [0.4, 0.5) is 5.69 Å². The van der Waals surface area contributed by atoms with Crippen LogP contribution < -0.4 is 15.4 Å². The third-order valence-corrected chi connectivity index (χ3v) is 3.49. The van der Waals surface area contributed by atoms with E-state index >= 15 is 0 Å². The summed E-state index contributed by atoms with van der Waals surface area (Å²) in [6.45, 7) is -0.376. The van der Waals surface area contributed by atoms with E-state index in [9.17, 15) is 14.4 Å². The van der Waals surface area contributed by atoms with Crippen LogP contribution in [0.25, 0.3) is 0 Å². The lowest BCUT2D eigenvalue weighted by atomic mass is 10.2. The summed E-state index contributed by atoms with van der Waals surface area (Å²) in [6.07, 6.45) is 0. The monoisotopic (exact) mass is 376 g/mol. The first-order chi connectivity index (χ1) is 12.5. The number of nitrogens with one attached hydrogen (secondary N) is 2. The number of halogens is 1. The molecule has 0 saturated carbocycles. The highest BCUT2D eigenvalue weighted by molar-refractivity contribution is 6.30. The SMILES string of the molecule is COC(=O)CNC(=O)c1ccc(NC(=O)COc2ccc(Cl)cc2)cc1. The van der Waals surface area contributed by atoms with Gasteiger partial charge in [-0.05, 0) is 48.5 Å². The van der Waals surface area contributed by atoms with Gasteiger partial charge in [0.15, 0.2) is 6.61 Å². The number of anilines is 1. The molecule has 0 unspecified atom stereocenters. The van der Waals surface area contributed by atoms with Crippen molar-refractivity contribution in [3.05, 3.63) is 59.1 Å². The summed E-state index contributed by atoms with van der Waals surface area (Å²) >= 11 is 5.77. The standard InChI is InChI=1S/C18H17ClN2O5/c1-25-17(23)10-20-18(24)12-2-6-14(7-3-12)21-16(22)11-26-15-8-4-13(19)5-9-15/h2-9H,10-11H2,1H3,(H,20,24)(H,21,22). The highest BCUT2D eigenvalue weighted by Crippen LogP contribution is 2.15. The molecule has 0 aliphatic carbocycles. The van der Waals surface area contributed by atoms with E-state index in [0.717, 1.165) is 0 Å². The van der Waals surface area contributed by atoms with Gasteiger partial charge in [-0.3, -0.25) is 14.4 Å². The average Bonchev–Trinajstić information content (AvgIpc) is 2.66. The highest BCUT2D eigenvalue weighted by atomic mass is 35.5. The first-order valence-corrected chi connectivity index (χ1v) is 7.99. The van der Waals surface area contributed by atoms with Crippen LogP contribution in [-0.4, -0.2) is 38.0 Å². The molecule has 0 bridgehead atoms. The fraction of sp³-hybridized carbons (Fsp3) is 0.167. The minimum Gasteiger partial charge on any atom is -0.484 e. The molecule has 0 radical (unpaired) electrons. The Labute approximate surface area is 155 Å². The number of rotatable bonds is 7. The maximum atomic E-state index is 11.9. The molecule has 2 aromatic carbocycles. The van der Waals surface area contributed by atoms with Crippen LogP contribution in [0.3, 0.4) is 0 Å². The number of hydrogen-bond donors (Lipinski definition) is 2. The summed E-state index contributed by atoms with van der Waals surface area (Å²) < 4.78 is 9.78. The minimum absolute atomic E-state index is 0.164. The Balaban J connectivity index is 1.82. The average molecular weight is 377 g/mol. The molecular formula is C18H17ClN2O5. The van der Waals surface area contributed by atoms with Crippen LogP contribution in [0.15, 0.2) is 48.5 Å². The van der Waals surface area contributed by atoms with Crippen molar-refractivity contribution in [3.8, 4) is 5.75 Å². The Hall–Kier alpha value is -3.06. The van der Waals surface area contributed by atoms with E-state index in [4.69, 9.17) is 16.3 Å². The third-order valence-electron chi connectivity index (χ3n) is 3.24. The Bertz CT molecular complexity index is 775. The smallest absolute Gasteiger partial charge is 0.325 e. The summed E-state index contributed by atoms with van der Waals surface area (Å²) in [5.74, 6) is -0.771. The number of methoxy groups -OCH3 is 1. The van der Waals surface area contributed by atoms with Gasteiger partial charge < -0.3 is 20.1 Å². The first-order valence-electron chi connectivity index (χ1n) is 7.61. The van der Waals surface area contributed by atoms with Crippen molar-refractivity contribution < 1.29 is 23.9 Å². The summed E-state index contributed by atoms with van der Waals surface area (Å²) in [4.78, 5) is 34.7. The molecule has 0 spiro atoms. The minimum atomic E-state index is -0.539.